The molecule has 3 aromatic carbocycles. The normalized spacial score (nSPS) is 20.1. The molecule has 11 heteroatoms. The van der Waals surface area contributed by atoms with E-state index < -0.39 is 40.6 Å². The summed E-state index contributed by atoms with van der Waals surface area (Å²) >= 11 is 8.02. The van der Waals surface area contributed by atoms with E-state index in [1.807, 2.05) is 30.3 Å². The molecule has 0 unspecified atom stereocenters. The number of halogens is 2. The molecule has 0 radical (unpaired) electrons. The first-order valence-corrected chi connectivity index (χ1v) is 14.0. The summed E-state index contributed by atoms with van der Waals surface area (Å²) < 4.78 is 14.9. The number of hydrogen-bond acceptors (Lipinski definition) is 6. The number of rotatable bonds is 5. The summed E-state index contributed by atoms with van der Waals surface area (Å²) in [5.41, 5.74) is 1.61. The van der Waals surface area contributed by atoms with E-state index in [0.29, 0.717) is 20.6 Å². The zero-order valence-electron chi connectivity index (χ0n) is 20.0. The smallest absolute Gasteiger partial charge is 0.308 e. The summed E-state index contributed by atoms with van der Waals surface area (Å²) in [4.78, 5) is 54.9. The predicted octanol–water partition coefficient (Wildman–Crippen LogP) is 5.14. The van der Waals surface area contributed by atoms with Crippen molar-refractivity contribution in [2.45, 2.75) is 22.7 Å². The van der Waals surface area contributed by atoms with Crippen molar-refractivity contribution in [1.29, 1.82) is 0 Å². The lowest BCUT2D eigenvalue weighted by atomic mass is 9.83. The summed E-state index contributed by atoms with van der Waals surface area (Å²) in [6.45, 7) is -0.261. The maximum absolute atomic E-state index is 13.8. The van der Waals surface area contributed by atoms with E-state index in [2.05, 4.69) is 5.32 Å². The third-order valence-electron chi connectivity index (χ3n) is 6.72. The third kappa shape index (κ3) is 4.58. The van der Waals surface area contributed by atoms with E-state index in [-0.39, 0.29) is 17.1 Å². The summed E-state index contributed by atoms with van der Waals surface area (Å²) in [5.74, 6) is -3.07. The fourth-order valence-corrected chi connectivity index (χ4v) is 7.90. The van der Waals surface area contributed by atoms with Crippen molar-refractivity contribution in [1.82, 2.24) is 4.57 Å². The molecule has 1 N–H and O–H groups in total. The lowest BCUT2D eigenvalue weighted by Gasteiger charge is -2.30. The Bertz CT molecular complexity index is 1660. The van der Waals surface area contributed by atoms with Gasteiger partial charge in [-0.3, -0.25) is 23.7 Å². The molecule has 2 aliphatic heterocycles. The van der Waals surface area contributed by atoms with Crippen LogP contribution >= 0.6 is 34.7 Å². The van der Waals surface area contributed by atoms with E-state index in [4.69, 9.17) is 11.6 Å². The second kappa shape index (κ2) is 10.1. The van der Waals surface area contributed by atoms with Crippen LogP contribution in [0.3, 0.4) is 0 Å². The Balaban J connectivity index is 1.39. The zero-order valence-corrected chi connectivity index (χ0v) is 22.4. The first-order valence-electron chi connectivity index (χ1n) is 12.0. The number of hydrogen-bond donors (Lipinski definition) is 1. The largest absolute Gasteiger partial charge is 0.325 e. The predicted molar refractivity (Wildman–Crippen MR) is 149 cm³/mol. The Kier molecular flexibility index (Phi) is 6.62. The molecule has 0 spiro atoms. The minimum atomic E-state index is -0.820. The van der Waals surface area contributed by atoms with E-state index >= 15 is 0 Å². The summed E-state index contributed by atoms with van der Waals surface area (Å²) in [5, 5.41) is 2.96. The number of thioether (sulfide) groups is 1. The molecule has 1 saturated heterocycles. The molecule has 3 atom stereocenters. The Labute approximate surface area is 235 Å². The van der Waals surface area contributed by atoms with Gasteiger partial charge in [0.25, 0.3) is 0 Å². The van der Waals surface area contributed by atoms with Gasteiger partial charge in [0.05, 0.1) is 16.6 Å². The van der Waals surface area contributed by atoms with Crippen LogP contribution in [-0.4, -0.2) is 27.5 Å². The fraction of sp³-hybridized carbons (Fsp3) is 0.143. The highest BCUT2D eigenvalue weighted by Crippen LogP contribution is 2.53. The van der Waals surface area contributed by atoms with Crippen molar-refractivity contribution in [2.24, 2.45) is 5.92 Å². The highest BCUT2D eigenvalue weighted by Gasteiger charge is 2.56. The molecule has 3 amide bonds. The van der Waals surface area contributed by atoms with Crippen LogP contribution in [0.1, 0.15) is 16.4 Å². The van der Waals surface area contributed by atoms with E-state index in [0.717, 1.165) is 33.6 Å². The molecular weight excluding hydrogens is 561 g/mol. The van der Waals surface area contributed by atoms with Crippen LogP contribution in [0.2, 0.25) is 5.02 Å². The Morgan fingerprint density at radius 3 is 2.31 bits per heavy atom. The average Bonchev–Trinajstić information content (AvgIpc) is 3.37. The van der Waals surface area contributed by atoms with Gasteiger partial charge in [0.2, 0.25) is 17.7 Å². The number of thiazole rings is 1. The Morgan fingerprint density at radius 2 is 1.62 bits per heavy atom. The number of nitrogens with zero attached hydrogens (tertiary/aromatic N) is 2. The van der Waals surface area contributed by atoms with Crippen molar-refractivity contribution in [3.63, 3.8) is 0 Å². The number of carbonyl (C=O) groups is 3. The van der Waals surface area contributed by atoms with Crippen molar-refractivity contribution < 1.29 is 18.8 Å². The topological polar surface area (TPSA) is 88.5 Å². The van der Waals surface area contributed by atoms with Gasteiger partial charge in [-0.05, 0) is 54.1 Å². The van der Waals surface area contributed by atoms with Crippen molar-refractivity contribution in [2.75, 3.05) is 10.2 Å². The molecule has 1 aromatic heterocycles. The van der Waals surface area contributed by atoms with Gasteiger partial charge in [-0.25, -0.2) is 9.29 Å². The second-order valence-corrected chi connectivity index (χ2v) is 11.7. The second-order valence-electron chi connectivity index (χ2n) is 9.12. The maximum Gasteiger partial charge on any atom is 0.308 e. The standard InChI is InChI=1S/C28H19ClFN3O4S2/c29-16-6-10-18(11-7-16)31-20(34)14-32-27-24(39-28(32)37)21(15-4-2-1-3-5-15)22-23(38-27)26(36)33(25(22)35)19-12-8-17(30)9-13-19/h1-13,21-23H,14H2,(H,31,34)/t21-,22-,23+/m0/s1. The molecular formula is C28H19ClFN3O4S2. The Morgan fingerprint density at radius 1 is 0.923 bits per heavy atom. The summed E-state index contributed by atoms with van der Waals surface area (Å²) in [7, 11) is 0. The lowest BCUT2D eigenvalue weighted by molar-refractivity contribution is -0.122. The van der Waals surface area contributed by atoms with Gasteiger partial charge < -0.3 is 5.32 Å². The number of nitrogens with one attached hydrogen (secondary N) is 1. The first kappa shape index (κ1) is 25.5. The Hall–Kier alpha value is -3.73. The van der Waals surface area contributed by atoms with Gasteiger partial charge in [-0.1, -0.05) is 65.0 Å². The molecule has 3 heterocycles. The van der Waals surface area contributed by atoms with Crippen LogP contribution in [0.5, 0.6) is 0 Å². The van der Waals surface area contributed by atoms with Crippen molar-refractivity contribution >= 4 is 63.8 Å². The molecule has 196 valence electrons. The number of imide groups is 1. The van der Waals surface area contributed by atoms with Gasteiger partial charge in [0, 0.05) is 21.5 Å². The number of amides is 3. The molecule has 39 heavy (non-hydrogen) atoms. The highest BCUT2D eigenvalue weighted by atomic mass is 35.5. The SMILES string of the molecule is O=C(Cn1c2c(sc1=O)[C@@H](c1ccccc1)[C@@H]1C(=O)N(c3ccc(F)cc3)C(=O)[C@@H]1S2)Nc1ccc(Cl)cc1. The first-order chi connectivity index (χ1) is 18.8. The van der Waals surface area contributed by atoms with E-state index in [1.54, 1.807) is 24.3 Å². The average molecular weight is 580 g/mol. The number of fused-ring (bicyclic) bond motifs is 2. The van der Waals surface area contributed by atoms with Crippen LogP contribution < -0.4 is 15.1 Å². The zero-order chi connectivity index (χ0) is 27.3. The van der Waals surface area contributed by atoms with Crippen LogP contribution in [0.4, 0.5) is 15.8 Å². The number of aromatic nitrogens is 1. The van der Waals surface area contributed by atoms with Crippen LogP contribution in [-0.2, 0) is 20.9 Å². The highest BCUT2D eigenvalue weighted by molar-refractivity contribution is 8.00. The molecule has 7 nitrogen and oxygen atoms in total. The van der Waals surface area contributed by atoms with Gasteiger partial charge in [0.15, 0.2) is 0 Å². The molecule has 0 bridgehead atoms. The van der Waals surface area contributed by atoms with Gasteiger partial charge in [0.1, 0.15) is 17.6 Å². The fourth-order valence-electron chi connectivity index (χ4n) is 5.00. The monoisotopic (exact) mass is 579 g/mol. The third-order valence-corrected chi connectivity index (χ3v) is 9.58. The van der Waals surface area contributed by atoms with Crippen LogP contribution in [0, 0.1) is 11.7 Å². The van der Waals surface area contributed by atoms with Gasteiger partial charge in [-0.15, -0.1) is 0 Å². The molecule has 2 aliphatic rings. The lowest BCUT2D eigenvalue weighted by Crippen LogP contribution is -2.33. The minimum Gasteiger partial charge on any atom is -0.325 e. The molecule has 1 fully saturated rings. The maximum atomic E-state index is 13.8. The quantitative estimate of drug-likeness (QED) is 0.331. The molecule has 4 aromatic rings. The van der Waals surface area contributed by atoms with E-state index in [1.165, 1.54) is 28.8 Å². The summed E-state index contributed by atoms with van der Waals surface area (Å²) in [6, 6.07) is 21.1. The van der Waals surface area contributed by atoms with Crippen LogP contribution in [0.25, 0.3) is 0 Å². The van der Waals surface area contributed by atoms with Gasteiger partial charge in [-0.2, -0.15) is 0 Å². The van der Waals surface area contributed by atoms with Crippen molar-refractivity contribution in [3.05, 3.63) is 110 Å². The summed E-state index contributed by atoms with van der Waals surface area (Å²) in [6.07, 6.45) is 0. The minimum absolute atomic E-state index is 0.261. The molecule has 0 saturated carbocycles. The van der Waals surface area contributed by atoms with Crippen molar-refractivity contribution in [3.8, 4) is 0 Å². The molecule has 0 aliphatic carbocycles. The number of benzene rings is 3. The molecule has 6 rings (SSSR count). The number of carbonyl (C=O) groups excluding carboxylic acids is 3. The number of anilines is 2. The van der Waals surface area contributed by atoms with Crippen LogP contribution in [0.15, 0.2) is 88.7 Å². The van der Waals surface area contributed by atoms with Gasteiger partial charge >= 0.3 is 4.87 Å². The van der Waals surface area contributed by atoms with E-state index in [9.17, 15) is 23.6 Å².